The highest BCUT2D eigenvalue weighted by molar-refractivity contribution is 7.99. The van der Waals surface area contributed by atoms with Gasteiger partial charge in [0.05, 0.1) is 21.9 Å². The van der Waals surface area contributed by atoms with Crippen LogP contribution in [0.15, 0.2) is 53.7 Å². The lowest BCUT2D eigenvalue weighted by Crippen LogP contribution is -2.49. The van der Waals surface area contributed by atoms with Crippen LogP contribution in [-0.4, -0.2) is 52.7 Å². The second kappa shape index (κ2) is 8.74. The molecule has 1 saturated heterocycles. The maximum Gasteiger partial charge on any atom is 0.417 e. The Labute approximate surface area is 182 Å². The summed E-state index contributed by atoms with van der Waals surface area (Å²) in [6.07, 6.45) is -3.55. The van der Waals surface area contributed by atoms with E-state index in [9.17, 15) is 18.0 Å². The van der Waals surface area contributed by atoms with Crippen LogP contribution in [0.25, 0.3) is 10.9 Å². The summed E-state index contributed by atoms with van der Waals surface area (Å²) < 4.78 is 38.1. The molecule has 0 bridgehead atoms. The van der Waals surface area contributed by atoms with E-state index in [-0.39, 0.29) is 5.91 Å². The Morgan fingerprint density at radius 1 is 1.10 bits per heavy atom. The van der Waals surface area contributed by atoms with Crippen LogP contribution in [0, 0.1) is 6.92 Å². The van der Waals surface area contributed by atoms with Gasteiger partial charge < -0.3 is 9.80 Å². The van der Waals surface area contributed by atoms with Gasteiger partial charge in [-0.3, -0.25) is 4.79 Å². The molecule has 0 N–H and O–H groups in total. The van der Waals surface area contributed by atoms with E-state index in [4.69, 9.17) is 0 Å². The first-order chi connectivity index (χ1) is 14.8. The molecule has 0 atom stereocenters. The molecule has 0 unspecified atom stereocenters. The molecule has 1 amide bonds. The molecule has 1 fully saturated rings. The van der Waals surface area contributed by atoms with Crippen molar-refractivity contribution in [3.05, 3.63) is 59.8 Å². The van der Waals surface area contributed by atoms with Gasteiger partial charge in [0.15, 0.2) is 0 Å². The zero-order valence-corrected chi connectivity index (χ0v) is 17.7. The van der Waals surface area contributed by atoms with Crippen LogP contribution in [0.5, 0.6) is 0 Å². The van der Waals surface area contributed by atoms with E-state index in [0.717, 1.165) is 33.8 Å². The van der Waals surface area contributed by atoms with Crippen molar-refractivity contribution in [3.8, 4) is 0 Å². The van der Waals surface area contributed by atoms with Gasteiger partial charge in [0.25, 0.3) is 0 Å². The molecule has 0 radical (unpaired) electrons. The van der Waals surface area contributed by atoms with Crippen molar-refractivity contribution in [2.24, 2.45) is 0 Å². The highest BCUT2D eigenvalue weighted by Crippen LogP contribution is 2.29. The number of anilines is 1. The average Bonchev–Trinajstić information content (AvgIpc) is 2.77. The summed E-state index contributed by atoms with van der Waals surface area (Å²) in [5.41, 5.74) is 1.27. The van der Waals surface area contributed by atoms with E-state index in [2.05, 4.69) is 9.97 Å². The normalized spacial score (nSPS) is 14.8. The number of fused-ring (bicyclic) bond motifs is 1. The maximum atomic E-state index is 12.7. The SMILES string of the molecule is Cc1cc(SCC(=O)N2CCN(c3ccc(C(F)(F)F)cn3)CC2)nc2ccccc12. The van der Waals surface area contributed by atoms with E-state index < -0.39 is 11.7 Å². The lowest BCUT2D eigenvalue weighted by molar-refractivity contribution is -0.137. The number of para-hydroxylation sites is 1. The van der Waals surface area contributed by atoms with E-state index in [1.54, 1.807) is 4.90 Å². The zero-order chi connectivity index (χ0) is 22.0. The Kier molecular flexibility index (Phi) is 6.04. The number of rotatable bonds is 4. The number of aryl methyl sites for hydroxylation is 1. The Balaban J connectivity index is 1.31. The van der Waals surface area contributed by atoms with Crippen LogP contribution in [0.3, 0.4) is 0 Å². The largest absolute Gasteiger partial charge is 0.417 e. The first-order valence-electron chi connectivity index (χ1n) is 9.86. The molecule has 31 heavy (non-hydrogen) atoms. The third-order valence-electron chi connectivity index (χ3n) is 5.27. The monoisotopic (exact) mass is 446 g/mol. The molecule has 3 aromatic rings. The Morgan fingerprint density at radius 3 is 2.52 bits per heavy atom. The minimum atomic E-state index is -4.40. The van der Waals surface area contributed by atoms with Gasteiger partial charge >= 0.3 is 6.18 Å². The molecule has 5 nitrogen and oxygen atoms in total. The van der Waals surface area contributed by atoms with E-state index >= 15 is 0 Å². The predicted molar refractivity (Wildman–Crippen MR) is 115 cm³/mol. The number of piperazine rings is 1. The number of carbonyl (C=O) groups is 1. The number of carbonyl (C=O) groups excluding carboxylic acids is 1. The van der Waals surface area contributed by atoms with E-state index in [0.29, 0.717) is 37.7 Å². The van der Waals surface area contributed by atoms with Gasteiger partial charge in [-0.25, -0.2) is 9.97 Å². The fourth-order valence-corrected chi connectivity index (χ4v) is 4.42. The number of benzene rings is 1. The van der Waals surface area contributed by atoms with Crippen molar-refractivity contribution in [1.82, 2.24) is 14.9 Å². The number of amides is 1. The number of nitrogens with zero attached hydrogens (tertiary/aromatic N) is 4. The minimum absolute atomic E-state index is 0.0256. The summed E-state index contributed by atoms with van der Waals surface area (Å²) >= 11 is 1.42. The summed E-state index contributed by atoms with van der Waals surface area (Å²) in [4.78, 5) is 24.9. The van der Waals surface area contributed by atoms with Crippen LogP contribution < -0.4 is 4.90 Å². The average molecular weight is 446 g/mol. The number of thioether (sulfide) groups is 1. The van der Waals surface area contributed by atoms with E-state index in [1.807, 2.05) is 42.2 Å². The van der Waals surface area contributed by atoms with Crippen molar-refractivity contribution in [2.75, 3.05) is 36.8 Å². The highest BCUT2D eigenvalue weighted by atomic mass is 32.2. The van der Waals surface area contributed by atoms with Crippen molar-refractivity contribution >= 4 is 34.4 Å². The minimum Gasteiger partial charge on any atom is -0.353 e. The molecule has 2 aromatic heterocycles. The van der Waals surface area contributed by atoms with Gasteiger partial charge in [0.2, 0.25) is 5.91 Å². The second-order valence-electron chi connectivity index (χ2n) is 7.35. The standard InChI is InChI=1S/C22H21F3N4OS/c1-15-12-20(27-18-5-3-2-4-17(15)18)31-14-21(30)29-10-8-28(9-11-29)19-7-6-16(13-26-19)22(23,24)25/h2-7,12-13H,8-11,14H2,1H3. The van der Waals surface area contributed by atoms with Crippen LogP contribution >= 0.6 is 11.8 Å². The first-order valence-corrected chi connectivity index (χ1v) is 10.8. The second-order valence-corrected chi connectivity index (χ2v) is 8.35. The van der Waals surface area contributed by atoms with Gasteiger partial charge in [0, 0.05) is 37.8 Å². The molecule has 4 rings (SSSR count). The molecule has 1 aliphatic rings. The van der Waals surface area contributed by atoms with Crippen LogP contribution in [0.2, 0.25) is 0 Å². The number of hydrogen-bond acceptors (Lipinski definition) is 5. The van der Waals surface area contributed by atoms with Gasteiger partial charge in [-0.1, -0.05) is 30.0 Å². The lowest BCUT2D eigenvalue weighted by atomic mass is 10.1. The Morgan fingerprint density at radius 2 is 1.84 bits per heavy atom. The molecule has 162 valence electrons. The van der Waals surface area contributed by atoms with Crippen molar-refractivity contribution in [2.45, 2.75) is 18.1 Å². The van der Waals surface area contributed by atoms with Gasteiger partial charge in [-0.15, -0.1) is 0 Å². The number of alkyl halides is 3. The molecule has 9 heteroatoms. The molecular weight excluding hydrogens is 425 g/mol. The third-order valence-corrected chi connectivity index (χ3v) is 6.17. The first kappa shape index (κ1) is 21.4. The topological polar surface area (TPSA) is 49.3 Å². The maximum absolute atomic E-state index is 12.7. The summed E-state index contributed by atoms with van der Waals surface area (Å²) in [6.45, 7) is 4.10. The molecular formula is C22H21F3N4OS. The van der Waals surface area contributed by atoms with Gasteiger partial charge in [-0.2, -0.15) is 13.2 Å². The van der Waals surface area contributed by atoms with E-state index in [1.165, 1.54) is 17.8 Å². The zero-order valence-electron chi connectivity index (χ0n) is 16.9. The molecule has 0 aliphatic carbocycles. The van der Waals surface area contributed by atoms with Crippen molar-refractivity contribution < 1.29 is 18.0 Å². The number of aromatic nitrogens is 2. The summed E-state index contributed by atoms with van der Waals surface area (Å²) in [5.74, 6) is 0.812. The quantitative estimate of drug-likeness (QED) is 0.556. The number of halogens is 3. The molecule has 1 aromatic carbocycles. The van der Waals surface area contributed by atoms with Crippen molar-refractivity contribution in [3.63, 3.8) is 0 Å². The fraction of sp³-hybridized carbons (Fsp3) is 0.318. The van der Waals surface area contributed by atoms with Crippen molar-refractivity contribution in [1.29, 1.82) is 0 Å². The fourth-order valence-electron chi connectivity index (χ4n) is 3.55. The smallest absolute Gasteiger partial charge is 0.353 e. The highest BCUT2D eigenvalue weighted by Gasteiger charge is 2.31. The lowest BCUT2D eigenvalue weighted by Gasteiger charge is -2.35. The summed E-state index contributed by atoms with van der Waals surface area (Å²) in [6, 6.07) is 12.3. The Hall–Kier alpha value is -2.81. The summed E-state index contributed by atoms with van der Waals surface area (Å²) in [7, 11) is 0. The molecule has 0 saturated carbocycles. The third kappa shape index (κ3) is 4.92. The molecule has 3 heterocycles. The summed E-state index contributed by atoms with van der Waals surface area (Å²) in [5, 5.41) is 1.92. The van der Waals surface area contributed by atoms with Gasteiger partial charge in [0.1, 0.15) is 5.82 Å². The van der Waals surface area contributed by atoms with Crippen LogP contribution in [-0.2, 0) is 11.0 Å². The van der Waals surface area contributed by atoms with Crippen LogP contribution in [0.1, 0.15) is 11.1 Å². The predicted octanol–water partition coefficient (Wildman–Crippen LogP) is 4.40. The Bertz CT molecular complexity index is 1080. The van der Waals surface area contributed by atoms with Crippen LogP contribution in [0.4, 0.5) is 19.0 Å². The number of hydrogen-bond donors (Lipinski definition) is 0. The molecule has 1 aliphatic heterocycles. The van der Waals surface area contributed by atoms with Gasteiger partial charge in [-0.05, 0) is 36.8 Å². The number of pyridine rings is 2. The molecule has 0 spiro atoms.